The number of rotatable bonds is 5. The Labute approximate surface area is 221 Å². The molecule has 0 saturated carbocycles. The predicted molar refractivity (Wildman–Crippen MR) is 142 cm³/mol. The molecule has 2 atom stereocenters. The third-order valence-electron chi connectivity index (χ3n) is 7.31. The van der Waals surface area contributed by atoms with Gasteiger partial charge in [0.05, 0.1) is 13.1 Å². The Balaban J connectivity index is 1.44. The highest BCUT2D eigenvalue weighted by atomic mass is 19.1. The van der Waals surface area contributed by atoms with E-state index in [0.29, 0.717) is 6.54 Å². The van der Waals surface area contributed by atoms with E-state index in [4.69, 9.17) is 0 Å². The summed E-state index contributed by atoms with van der Waals surface area (Å²) in [6.45, 7) is 4.59. The van der Waals surface area contributed by atoms with E-state index in [-0.39, 0.29) is 49.2 Å². The minimum atomic E-state index is -0.683. The van der Waals surface area contributed by atoms with E-state index in [1.54, 1.807) is 34.0 Å². The number of nitrogens with one attached hydrogen (secondary N) is 1. The van der Waals surface area contributed by atoms with E-state index >= 15 is 0 Å². The van der Waals surface area contributed by atoms with Crippen LogP contribution in [0.1, 0.15) is 25.0 Å². The lowest BCUT2D eigenvalue weighted by Gasteiger charge is -2.55. The van der Waals surface area contributed by atoms with Gasteiger partial charge < -0.3 is 15.1 Å². The molecule has 2 saturated heterocycles. The summed E-state index contributed by atoms with van der Waals surface area (Å²) in [5.74, 6) is -0.787. The number of carbonyl (C=O) groups excluding carboxylic acids is 3. The number of amides is 4. The normalized spacial score (nSPS) is 20.3. The van der Waals surface area contributed by atoms with Crippen LogP contribution in [0.5, 0.6) is 0 Å². The lowest BCUT2D eigenvalue weighted by Crippen LogP contribution is -2.76. The molecule has 9 heteroatoms. The molecule has 3 aromatic carbocycles. The summed E-state index contributed by atoms with van der Waals surface area (Å²) in [5.41, 5.74) is 1.76. The molecule has 0 aromatic heterocycles. The van der Waals surface area contributed by atoms with Gasteiger partial charge in [-0.1, -0.05) is 68.4 Å². The molecule has 0 radical (unpaired) electrons. The minimum Gasteiger partial charge on any atom is -0.333 e. The smallest absolute Gasteiger partial charge is 0.333 e. The third-order valence-corrected chi connectivity index (χ3v) is 7.31. The summed E-state index contributed by atoms with van der Waals surface area (Å²) in [6.07, 6.45) is -0.658. The van der Waals surface area contributed by atoms with Crippen LogP contribution >= 0.6 is 0 Å². The average molecular weight is 518 g/mol. The van der Waals surface area contributed by atoms with Crippen LogP contribution in [0.25, 0.3) is 10.8 Å². The number of fused-ring (bicyclic) bond motifs is 2. The molecule has 3 aromatic rings. The number of nitrogens with zero attached hydrogens (tertiary/aromatic N) is 4. The standard InChI is InChI=1S/C29H32FN5O3/c1-19(2)27-28(37)33(16-22-9-6-8-21-7-4-5-10-24(21)22)17-25-34(27)26(36)18-32(3)35(25)29(38)31-15-20-11-13-23(30)14-12-20/h4-14,19,25,27H,15-18H2,1-3H3,(H,31,38)/t25-,27-/m0/s1. The highest BCUT2D eigenvalue weighted by Gasteiger charge is 2.51. The van der Waals surface area contributed by atoms with Gasteiger partial charge in [0.25, 0.3) is 0 Å². The van der Waals surface area contributed by atoms with Crippen LogP contribution in [0.2, 0.25) is 0 Å². The van der Waals surface area contributed by atoms with E-state index in [1.807, 2.05) is 56.3 Å². The Hall–Kier alpha value is -3.98. The Morgan fingerprint density at radius 2 is 1.74 bits per heavy atom. The molecule has 0 spiro atoms. The van der Waals surface area contributed by atoms with Crippen LogP contribution < -0.4 is 5.32 Å². The molecule has 0 unspecified atom stereocenters. The molecule has 2 fully saturated rings. The van der Waals surface area contributed by atoms with Gasteiger partial charge in [0.15, 0.2) is 0 Å². The summed E-state index contributed by atoms with van der Waals surface area (Å²) in [7, 11) is 1.70. The second kappa shape index (κ2) is 10.4. The van der Waals surface area contributed by atoms with Crippen molar-refractivity contribution in [2.45, 2.75) is 39.1 Å². The number of hydrogen-bond donors (Lipinski definition) is 1. The maximum absolute atomic E-state index is 13.8. The maximum atomic E-state index is 13.8. The largest absolute Gasteiger partial charge is 0.334 e. The Morgan fingerprint density at radius 3 is 2.47 bits per heavy atom. The van der Waals surface area contributed by atoms with E-state index in [9.17, 15) is 18.8 Å². The predicted octanol–water partition coefficient (Wildman–Crippen LogP) is 3.57. The molecule has 0 aliphatic carbocycles. The molecule has 5 rings (SSSR count). The van der Waals surface area contributed by atoms with Crippen molar-refractivity contribution in [2.24, 2.45) is 5.92 Å². The van der Waals surface area contributed by atoms with Crippen LogP contribution in [-0.2, 0) is 22.7 Å². The van der Waals surface area contributed by atoms with Crippen molar-refractivity contribution in [1.29, 1.82) is 0 Å². The zero-order chi connectivity index (χ0) is 27.0. The summed E-state index contributed by atoms with van der Waals surface area (Å²) in [6, 6.07) is 18.9. The van der Waals surface area contributed by atoms with Gasteiger partial charge in [0.2, 0.25) is 11.8 Å². The SMILES string of the molecule is CC(C)[C@H]1C(=O)N(Cc2cccc3ccccc23)C[C@H]2N1C(=O)CN(C)N2C(=O)NCc1ccc(F)cc1. The van der Waals surface area contributed by atoms with Gasteiger partial charge in [-0.2, -0.15) is 0 Å². The fraction of sp³-hybridized carbons (Fsp3) is 0.345. The van der Waals surface area contributed by atoms with Gasteiger partial charge in [-0.25, -0.2) is 19.2 Å². The van der Waals surface area contributed by atoms with E-state index in [1.165, 1.54) is 17.1 Å². The Kier molecular flexibility index (Phi) is 7.03. The molecule has 2 heterocycles. The number of likely N-dealkylation sites (N-methyl/N-ethyl adjacent to an activating group) is 1. The van der Waals surface area contributed by atoms with Crippen LogP contribution in [0.15, 0.2) is 66.7 Å². The van der Waals surface area contributed by atoms with Gasteiger partial charge in [-0.05, 0) is 39.9 Å². The monoisotopic (exact) mass is 517 g/mol. The molecular weight excluding hydrogens is 485 g/mol. The van der Waals surface area contributed by atoms with Crippen LogP contribution in [0.4, 0.5) is 9.18 Å². The first-order valence-corrected chi connectivity index (χ1v) is 12.8. The molecule has 4 amide bonds. The zero-order valence-corrected chi connectivity index (χ0v) is 21.8. The number of urea groups is 1. The molecule has 8 nitrogen and oxygen atoms in total. The Morgan fingerprint density at radius 1 is 1.03 bits per heavy atom. The average Bonchev–Trinajstić information content (AvgIpc) is 2.89. The van der Waals surface area contributed by atoms with Gasteiger partial charge in [0.1, 0.15) is 18.0 Å². The van der Waals surface area contributed by atoms with Gasteiger partial charge in [-0.3, -0.25) is 9.59 Å². The van der Waals surface area contributed by atoms with E-state index in [2.05, 4.69) is 5.32 Å². The highest BCUT2D eigenvalue weighted by molar-refractivity contribution is 5.92. The van der Waals surface area contributed by atoms with Crippen molar-refractivity contribution in [2.75, 3.05) is 20.1 Å². The zero-order valence-electron chi connectivity index (χ0n) is 21.8. The topological polar surface area (TPSA) is 76.2 Å². The van der Waals surface area contributed by atoms with Crippen molar-refractivity contribution in [3.63, 3.8) is 0 Å². The minimum absolute atomic E-state index is 0.0136. The van der Waals surface area contributed by atoms with Crippen molar-refractivity contribution in [3.8, 4) is 0 Å². The molecule has 38 heavy (non-hydrogen) atoms. The quantitative estimate of drug-likeness (QED) is 0.562. The first-order valence-electron chi connectivity index (χ1n) is 12.8. The van der Waals surface area contributed by atoms with Crippen LogP contribution in [-0.4, -0.2) is 70.0 Å². The summed E-state index contributed by atoms with van der Waals surface area (Å²) < 4.78 is 13.3. The van der Waals surface area contributed by atoms with Gasteiger partial charge in [0, 0.05) is 20.1 Å². The number of halogens is 1. The fourth-order valence-corrected chi connectivity index (χ4v) is 5.50. The number of hydrogen-bond acceptors (Lipinski definition) is 4. The second-order valence-electron chi connectivity index (χ2n) is 10.3. The van der Waals surface area contributed by atoms with E-state index in [0.717, 1.165) is 21.9 Å². The summed E-state index contributed by atoms with van der Waals surface area (Å²) in [4.78, 5) is 43.8. The summed E-state index contributed by atoms with van der Waals surface area (Å²) in [5, 5.41) is 8.18. The van der Waals surface area contributed by atoms with Crippen molar-refractivity contribution < 1.29 is 18.8 Å². The first-order chi connectivity index (χ1) is 18.2. The maximum Gasteiger partial charge on any atom is 0.334 e. The number of benzene rings is 3. The lowest BCUT2D eigenvalue weighted by atomic mass is 9.95. The van der Waals surface area contributed by atoms with Crippen molar-refractivity contribution in [1.82, 2.24) is 25.1 Å². The molecule has 2 aliphatic rings. The number of piperazine rings is 1. The van der Waals surface area contributed by atoms with Crippen molar-refractivity contribution >= 4 is 28.6 Å². The first kappa shape index (κ1) is 25.7. The molecule has 198 valence electrons. The molecular formula is C29H32FN5O3. The summed E-state index contributed by atoms with van der Waals surface area (Å²) >= 11 is 0. The second-order valence-corrected chi connectivity index (χ2v) is 10.3. The van der Waals surface area contributed by atoms with Crippen molar-refractivity contribution in [3.05, 3.63) is 83.7 Å². The molecule has 2 aliphatic heterocycles. The third kappa shape index (κ3) is 4.81. The number of hydrazine groups is 1. The van der Waals surface area contributed by atoms with Crippen LogP contribution in [0.3, 0.4) is 0 Å². The van der Waals surface area contributed by atoms with Gasteiger partial charge >= 0.3 is 6.03 Å². The van der Waals surface area contributed by atoms with Crippen LogP contribution in [0, 0.1) is 11.7 Å². The van der Waals surface area contributed by atoms with Gasteiger partial charge in [-0.15, -0.1) is 0 Å². The molecule has 1 N–H and O–H groups in total. The fourth-order valence-electron chi connectivity index (χ4n) is 5.50. The lowest BCUT2D eigenvalue weighted by molar-refractivity contribution is -0.190. The van der Waals surface area contributed by atoms with E-state index < -0.39 is 12.2 Å². The molecule has 0 bridgehead atoms. The Bertz CT molecular complexity index is 1360. The highest BCUT2D eigenvalue weighted by Crippen LogP contribution is 2.31. The number of carbonyl (C=O) groups is 3.